The summed E-state index contributed by atoms with van der Waals surface area (Å²) in [6, 6.07) is -0.159. The number of hydrogen-bond donors (Lipinski definition) is 2. The smallest absolute Gasteiger partial charge is 0.323 e. The largest absolute Gasteiger partial charge is 0.331 e. The first kappa shape index (κ1) is 9.32. The summed E-state index contributed by atoms with van der Waals surface area (Å²) >= 11 is 0. The number of piperidine rings is 1. The van der Waals surface area contributed by atoms with Crippen LogP contribution in [0.5, 0.6) is 0 Å². The lowest BCUT2D eigenvalue weighted by Gasteiger charge is -2.34. The first-order chi connectivity index (χ1) is 5.65. The summed E-state index contributed by atoms with van der Waals surface area (Å²) in [4.78, 5) is 12.9. The van der Waals surface area contributed by atoms with E-state index in [1.54, 1.807) is 4.90 Å². The zero-order valence-corrected chi connectivity index (χ0v) is 7.71. The second-order valence-electron chi connectivity index (χ2n) is 3.64. The van der Waals surface area contributed by atoms with Crippen LogP contribution in [-0.4, -0.2) is 24.0 Å². The molecule has 0 bridgehead atoms. The summed E-state index contributed by atoms with van der Waals surface area (Å²) in [6.07, 6.45) is 1.08. The summed E-state index contributed by atoms with van der Waals surface area (Å²) in [7, 11) is 0. The lowest BCUT2D eigenvalue weighted by atomic mass is 9.89. The average molecular weight is 171 g/mol. The van der Waals surface area contributed by atoms with Crippen LogP contribution in [0.2, 0.25) is 0 Å². The van der Waals surface area contributed by atoms with Gasteiger partial charge in [0.1, 0.15) is 0 Å². The van der Waals surface area contributed by atoms with Crippen LogP contribution >= 0.6 is 0 Å². The summed E-state index contributed by atoms with van der Waals surface area (Å²) < 4.78 is 0. The van der Waals surface area contributed by atoms with E-state index < -0.39 is 0 Å². The summed E-state index contributed by atoms with van der Waals surface area (Å²) in [5, 5.41) is 0. The van der Waals surface area contributed by atoms with E-state index >= 15 is 0 Å². The molecule has 4 heteroatoms. The number of amides is 2. The number of hydrazine groups is 1. The molecule has 2 unspecified atom stereocenters. The third-order valence-corrected chi connectivity index (χ3v) is 2.74. The highest BCUT2D eigenvalue weighted by molar-refractivity contribution is 5.73. The number of likely N-dealkylation sites (tertiary alicyclic amines) is 1. The zero-order chi connectivity index (χ0) is 9.14. The fourth-order valence-corrected chi connectivity index (χ4v) is 1.54. The second kappa shape index (κ2) is 3.76. The molecule has 1 rings (SSSR count). The number of carbonyl (C=O) groups excluding carboxylic acids is 1. The van der Waals surface area contributed by atoms with Crippen LogP contribution < -0.4 is 11.3 Å². The molecule has 1 saturated heterocycles. The molecule has 0 aromatic heterocycles. The number of hydrogen-bond acceptors (Lipinski definition) is 2. The molecule has 4 nitrogen and oxygen atoms in total. The van der Waals surface area contributed by atoms with Crippen molar-refractivity contribution in [1.82, 2.24) is 10.3 Å². The van der Waals surface area contributed by atoms with Crippen molar-refractivity contribution in [3.63, 3.8) is 0 Å². The molecule has 0 aliphatic carbocycles. The van der Waals surface area contributed by atoms with Gasteiger partial charge in [0, 0.05) is 13.1 Å². The highest BCUT2D eigenvalue weighted by Gasteiger charge is 2.25. The van der Waals surface area contributed by atoms with Gasteiger partial charge in [-0.25, -0.2) is 10.6 Å². The zero-order valence-electron chi connectivity index (χ0n) is 7.71. The van der Waals surface area contributed by atoms with Gasteiger partial charge in [-0.15, -0.1) is 0 Å². The molecule has 12 heavy (non-hydrogen) atoms. The molecular weight excluding hydrogens is 154 g/mol. The van der Waals surface area contributed by atoms with Crippen molar-refractivity contribution in [2.24, 2.45) is 17.7 Å². The lowest BCUT2D eigenvalue weighted by molar-refractivity contribution is 0.144. The Morgan fingerprint density at radius 2 is 2.17 bits per heavy atom. The van der Waals surface area contributed by atoms with Crippen LogP contribution in [0.3, 0.4) is 0 Å². The Hall–Kier alpha value is -0.770. The molecule has 0 radical (unpaired) electrons. The maximum absolute atomic E-state index is 11.1. The van der Waals surface area contributed by atoms with Crippen molar-refractivity contribution in [2.75, 3.05) is 13.1 Å². The summed E-state index contributed by atoms with van der Waals surface area (Å²) in [5.74, 6) is 6.34. The Bertz CT molecular complexity index is 172. The molecule has 70 valence electrons. The van der Waals surface area contributed by atoms with Gasteiger partial charge in [-0.1, -0.05) is 13.8 Å². The van der Waals surface area contributed by atoms with Crippen molar-refractivity contribution in [3.8, 4) is 0 Å². The van der Waals surface area contributed by atoms with E-state index in [1.807, 2.05) is 0 Å². The number of urea groups is 1. The number of nitrogens with one attached hydrogen (secondary N) is 1. The van der Waals surface area contributed by atoms with Crippen LogP contribution in [0, 0.1) is 11.8 Å². The predicted molar refractivity (Wildman–Crippen MR) is 47.2 cm³/mol. The number of nitrogens with zero attached hydrogens (tertiary/aromatic N) is 1. The minimum absolute atomic E-state index is 0.159. The number of rotatable bonds is 0. The van der Waals surface area contributed by atoms with E-state index in [2.05, 4.69) is 19.3 Å². The molecule has 2 amide bonds. The van der Waals surface area contributed by atoms with Crippen LogP contribution in [0.25, 0.3) is 0 Å². The van der Waals surface area contributed by atoms with Crippen LogP contribution in [0.15, 0.2) is 0 Å². The fraction of sp³-hybridized carbons (Fsp3) is 0.875. The minimum Gasteiger partial charge on any atom is -0.323 e. The van der Waals surface area contributed by atoms with Gasteiger partial charge < -0.3 is 4.90 Å². The topological polar surface area (TPSA) is 58.4 Å². The normalized spacial score (nSPS) is 30.1. The standard InChI is InChI=1S/C8H17N3O/c1-6-3-4-11(5-7(6)2)8(12)10-9/h6-7H,3-5,9H2,1-2H3,(H,10,12). The van der Waals surface area contributed by atoms with Gasteiger partial charge in [0.15, 0.2) is 0 Å². The van der Waals surface area contributed by atoms with Gasteiger partial charge in [0.25, 0.3) is 0 Å². The van der Waals surface area contributed by atoms with Crippen molar-refractivity contribution in [1.29, 1.82) is 0 Å². The predicted octanol–water partition coefficient (Wildman–Crippen LogP) is 0.548. The Labute approximate surface area is 73.1 Å². The molecule has 0 spiro atoms. The van der Waals surface area contributed by atoms with Gasteiger partial charge in [-0.3, -0.25) is 5.43 Å². The quantitative estimate of drug-likeness (QED) is 0.317. The first-order valence-corrected chi connectivity index (χ1v) is 4.40. The number of nitrogens with two attached hydrogens (primary N) is 1. The molecule has 0 aromatic carbocycles. The molecule has 1 fully saturated rings. The van der Waals surface area contributed by atoms with E-state index in [9.17, 15) is 4.79 Å². The van der Waals surface area contributed by atoms with Crippen LogP contribution in [-0.2, 0) is 0 Å². The van der Waals surface area contributed by atoms with Gasteiger partial charge in [-0.05, 0) is 18.3 Å². The van der Waals surface area contributed by atoms with Gasteiger partial charge >= 0.3 is 6.03 Å². The second-order valence-corrected chi connectivity index (χ2v) is 3.64. The van der Waals surface area contributed by atoms with E-state index in [0.29, 0.717) is 11.8 Å². The van der Waals surface area contributed by atoms with Gasteiger partial charge in [-0.2, -0.15) is 0 Å². The molecule has 2 atom stereocenters. The van der Waals surface area contributed by atoms with Crippen LogP contribution in [0.1, 0.15) is 20.3 Å². The number of carbonyl (C=O) groups is 1. The maximum Gasteiger partial charge on any atom is 0.331 e. The van der Waals surface area contributed by atoms with Crippen molar-refractivity contribution in [2.45, 2.75) is 20.3 Å². The monoisotopic (exact) mass is 171 g/mol. The van der Waals surface area contributed by atoms with Crippen molar-refractivity contribution < 1.29 is 4.79 Å². The maximum atomic E-state index is 11.1. The SMILES string of the molecule is CC1CCN(C(=O)NN)CC1C. The first-order valence-electron chi connectivity index (χ1n) is 4.40. The summed E-state index contributed by atoms with van der Waals surface area (Å²) in [6.45, 7) is 6.04. The summed E-state index contributed by atoms with van der Waals surface area (Å²) in [5.41, 5.74) is 2.16. The Balaban J connectivity index is 2.45. The fourth-order valence-electron chi connectivity index (χ4n) is 1.54. The molecule has 1 heterocycles. The Morgan fingerprint density at radius 1 is 1.50 bits per heavy atom. The van der Waals surface area contributed by atoms with Crippen molar-refractivity contribution >= 4 is 6.03 Å². The Kier molecular flexibility index (Phi) is 2.92. The highest BCUT2D eigenvalue weighted by atomic mass is 16.2. The van der Waals surface area contributed by atoms with E-state index in [0.717, 1.165) is 19.5 Å². The third-order valence-electron chi connectivity index (χ3n) is 2.74. The minimum atomic E-state index is -0.159. The van der Waals surface area contributed by atoms with E-state index in [4.69, 9.17) is 5.84 Å². The van der Waals surface area contributed by atoms with E-state index in [1.165, 1.54) is 0 Å². The molecule has 0 saturated carbocycles. The molecule has 0 aromatic rings. The molecule has 1 aliphatic rings. The van der Waals surface area contributed by atoms with Gasteiger partial charge in [0.2, 0.25) is 0 Å². The van der Waals surface area contributed by atoms with Gasteiger partial charge in [0.05, 0.1) is 0 Å². The lowest BCUT2D eigenvalue weighted by Crippen LogP contribution is -2.49. The highest BCUT2D eigenvalue weighted by Crippen LogP contribution is 2.21. The van der Waals surface area contributed by atoms with E-state index in [-0.39, 0.29) is 6.03 Å². The van der Waals surface area contributed by atoms with Crippen LogP contribution in [0.4, 0.5) is 4.79 Å². The average Bonchev–Trinajstić information content (AvgIpc) is 2.08. The molecule has 1 aliphatic heterocycles. The van der Waals surface area contributed by atoms with Crippen molar-refractivity contribution in [3.05, 3.63) is 0 Å². The molecule has 3 N–H and O–H groups in total. The molecular formula is C8H17N3O. The Morgan fingerprint density at radius 3 is 2.67 bits per heavy atom. The third kappa shape index (κ3) is 1.88.